The highest BCUT2D eigenvalue weighted by Crippen LogP contribution is 1.96. The van der Waals surface area contributed by atoms with E-state index in [9.17, 15) is 0 Å². The second-order valence-electron chi connectivity index (χ2n) is 2.42. The summed E-state index contributed by atoms with van der Waals surface area (Å²) in [4.78, 5) is 2.46. The molecule has 11 heavy (non-hydrogen) atoms. The van der Waals surface area contributed by atoms with E-state index in [1.54, 1.807) is 0 Å². The summed E-state index contributed by atoms with van der Waals surface area (Å²) in [6.07, 6.45) is 2.63. The third kappa shape index (κ3) is 8.83. The van der Waals surface area contributed by atoms with Gasteiger partial charge in [-0.1, -0.05) is 29.8 Å². The van der Waals surface area contributed by atoms with Crippen LogP contribution in [0.5, 0.6) is 0 Å². The zero-order chi connectivity index (χ0) is 7.82. The average Bonchev–Trinajstić information content (AvgIpc) is 1.99. The first kappa shape index (κ1) is 14.4. The van der Waals surface area contributed by atoms with Crippen molar-refractivity contribution in [3.63, 3.8) is 0 Å². The Balaban J connectivity index is 0. The van der Waals surface area contributed by atoms with E-state index in [4.69, 9.17) is 0 Å². The number of hydrogen-bond donors (Lipinski definition) is 0. The molecule has 0 saturated heterocycles. The lowest BCUT2D eigenvalue weighted by Crippen LogP contribution is -2.23. The molecule has 0 saturated carbocycles. The van der Waals surface area contributed by atoms with Crippen LogP contribution in [0.15, 0.2) is 0 Å². The van der Waals surface area contributed by atoms with Crippen LogP contribution in [-0.4, -0.2) is 29.9 Å². The fourth-order valence-electron chi connectivity index (χ4n) is 0.970. The number of alkyl halides is 1. The lowest BCUT2D eigenvalue weighted by molar-refractivity contribution is 0.299. The van der Waals surface area contributed by atoms with E-state index in [0.717, 1.165) is 5.33 Å². The molecular formula is C8H19Br2N. The SMILES string of the molecule is Br.CCN(CC)CCCCBr. The molecule has 0 amide bonds. The Hall–Kier alpha value is 0.920. The molecule has 0 aromatic carbocycles. The lowest BCUT2D eigenvalue weighted by Gasteiger charge is -2.16. The Morgan fingerprint density at radius 1 is 1.09 bits per heavy atom. The second-order valence-corrected chi connectivity index (χ2v) is 3.22. The maximum Gasteiger partial charge on any atom is 0.00317 e. The summed E-state index contributed by atoms with van der Waals surface area (Å²) in [6.45, 7) is 8.09. The predicted octanol–water partition coefficient (Wildman–Crippen LogP) is 3.08. The maximum atomic E-state index is 3.42. The van der Waals surface area contributed by atoms with Crippen LogP contribution in [0, 0.1) is 0 Å². The molecule has 0 spiro atoms. The largest absolute Gasteiger partial charge is 0.304 e. The molecule has 0 radical (unpaired) electrons. The van der Waals surface area contributed by atoms with Gasteiger partial charge in [0.25, 0.3) is 0 Å². The van der Waals surface area contributed by atoms with Gasteiger partial charge in [0, 0.05) is 5.33 Å². The molecule has 0 atom stereocenters. The highest BCUT2D eigenvalue weighted by molar-refractivity contribution is 9.09. The van der Waals surface area contributed by atoms with Crippen molar-refractivity contribution in [2.75, 3.05) is 25.0 Å². The zero-order valence-corrected chi connectivity index (χ0v) is 10.8. The van der Waals surface area contributed by atoms with Gasteiger partial charge in [-0.2, -0.15) is 0 Å². The molecule has 0 aromatic heterocycles. The molecule has 0 unspecified atom stereocenters. The van der Waals surface area contributed by atoms with Crippen molar-refractivity contribution >= 4 is 32.9 Å². The van der Waals surface area contributed by atoms with Crippen molar-refractivity contribution in [3.8, 4) is 0 Å². The van der Waals surface area contributed by atoms with Gasteiger partial charge >= 0.3 is 0 Å². The first-order valence-electron chi connectivity index (χ1n) is 4.13. The van der Waals surface area contributed by atoms with E-state index in [0.29, 0.717) is 0 Å². The Morgan fingerprint density at radius 3 is 2.00 bits per heavy atom. The minimum atomic E-state index is 0. The van der Waals surface area contributed by atoms with E-state index in [-0.39, 0.29) is 17.0 Å². The van der Waals surface area contributed by atoms with Crippen molar-refractivity contribution in [3.05, 3.63) is 0 Å². The van der Waals surface area contributed by atoms with Crippen molar-refractivity contribution in [2.45, 2.75) is 26.7 Å². The fourth-order valence-corrected chi connectivity index (χ4v) is 1.37. The summed E-state index contributed by atoms with van der Waals surface area (Å²) >= 11 is 3.42. The number of halogens is 2. The van der Waals surface area contributed by atoms with Crippen LogP contribution in [-0.2, 0) is 0 Å². The van der Waals surface area contributed by atoms with E-state index in [1.165, 1.54) is 32.5 Å². The Morgan fingerprint density at radius 2 is 1.64 bits per heavy atom. The monoisotopic (exact) mass is 287 g/mol. The Kier molecular flexibility index (Phi) is 14.3. The molecule has 0 bridgehead atoms. The third-order valence-electron chi connectivity index (χ3n) is 1.75. The maximum absolute atomic E-state index is 3.42. The van der Waals surface area contributed by atoms with Crippen LogP contribution in [0.3, 0.4) is 0 Å². The smallest absolute Gasteiger partial charge is 0.00317 e. The van der Waals surface area contributed by atoms with E-state index in [1.807, 2.05) is 0 Å². The van der Waals surface area contributed by atoms with Crippen molar-refractivity contribution in [1.82, 2.24) is 4.90 Å². The molecule has 0 aliphatic rings. The summed E-state index contributed by atoms with van der Waals surface area (Å²) in [5.41, 5.74) is 0. The second kappa shape index (κ2) is 10.9. The van der Waals surface area contributed by atoms with Gasteiger partial charge < -0.3 is 4.90 Å². The topological polar surface area (TPSA) is 3.24 Å². The first-order chi connectivity index (χ1) is 4.85. The molecule has 0 aliphatic carbocycles. The number of nitrogens with zero attached hydrogens (tertiary/aromatic N) is 1. The quantitative estimate of drug-likeness (QED) is 0.536. The zero-order valence-electron chi connectivity index (χ0n) is 7.48. The average molecular weight is 289 g/mol. The third-order valence-corrected chi connectivity index (χ3v) is 2.31. The minimum absolute atomic E-state index is 0. The molecule has 0 aromatic rings. The van der Waals surface area contributed by atoms with Crippen molar-refractivity contribution in [1.29, 1.82) is 0 Å². The minimum Gasteiger partial charge on any atom is -0.304 e. The van der Waals surface area contributed by atoms with Crippen molar-refractivity contribution < 1.29 is 0 Å². The molecule has 0 fully saturated rings. The van der Waals surface area contributed by atoms with E-state index in [2.05, 4.69) is 34.7 Å². The summed E-state index contributed by atoms with van der Waals surface area (Å²) in [7, 11) is 0. The standard InChI is InChI=1S/C8H18BrN.BrH/c1-3-10(4-2)8-6-5-7-9;/h3-8H2,1-2H3;1H. The summed E-state index contributed by atoms with van der Waals surface area (Å²) in [5.74, 6) is 0. The fraction of sp³-hybridized carbons (Fsp3) is 1.00. The number of rotatable bonds is 6. The van der Waals surface area contributed by atoms with Crippen LogP contribution in [0.25, 0.3) is 0 Å². The van der Waals surface area contributed by atoms with Crippen LogP contribution >= 0.6 is 32.9 Å². The van der Waals surface area contributed by atoms with Crippen LogP contribution in [0.2, 0.25) is 0 Å². The number of hydrogen-bond acceptors (Lipinski definition) is 1. The van der Waals surface area contributed by atoms with Gasteiger partial charge in [-0.15, -0.1) is 17.0 Å². The van der Waals surface area contributed by atoms with Gasteiger partial charge in [-0.05, 0) is 32.5 Å². The molecule has 0 heterocycles. The summed E-state index contributed by atoms with van der Waals surface area (Å²) < 4.78 is 0. The molecular weight excluding hydrogens is 270 g/mol. The highest BCUT2D eigenvalue weighted by Gasteiger charge is 1.96. The van der Waals surface area contributed by atoms with E-state index < -0.39 is 0 Å². The Labute approximate surface area is 89.4 Å². The molecule has 3 heteroatoms. The molecule has 0 N–H and O–H groups in total. The lowest BCUT2D eigenvalue weighted by atomic mass is 10.3. The molecule has 0 rings (SSSR count). The normalized spacial score (nSPS) is 9.82. The van der Waals surface area contributed by atoms with Gasteiger partial charge in [-0.25, -0.2) is 0 Å². The summed E-state index contributed by atoms with van der Waals surface area (Å²) in [5, 5.41) is 1.15. The van der Waals surface area contributed by atoms with Gasteiger partial charge in [0.05, 0.1) is 0 Å². The van der Waals surface area contributed by atoms with E-state index >= 15 is 0 Å². The molecule has 1 nitrogen and oxygen atoms in total. The Bertz CT molecular complexity index is 65.1. The van der Waals surface area contributed by atoms with Gasteiger partial charge in [0.15, 0.2) is 0 Å². The van der Waals surface area contributed by atoms with Gasteiger partial charge in [0.2, 0.25) is 0 Å². The van der Waals surface area contributed by atoms with Crippen LogP contribution < -0.4 is 0 Å². The molecule has 0 aliphatic heterocycles. The van der Waals surface area contributed by atoms with Gasteiger partial charge in [0.1, 0.15) is 0 Å². The summed E-state index contributed by atoms with van der Waals surface area (Å²) in [6, 6.07) is 0. The van der Waals surface area contributed by atoms with Crippen LogP contribution in [0.1, 0.15) is 26.7 Å². The highest BCUT2D eigenvalue weighted by atomic mass is 79.9. The van der Waals surface area contributed by atoms with Crippen molar-refractivity contribution in [2.24, 2.45) is 0 Å². The molecule has 70 valence electrons. The predicted molar refractivity (Wildman–Crippen MR) is 61.1 cm³/mol. The first-order valence-corrected chi connectivity index (χ1v) is 5.25. The number of unbranched alkanes of at least 4 members (excludes halogenated alkanes) is 1. The van der Waals surface area contributed by atoms with Crippen LogP contribution in [0.4, 0.5) is 0 Å². The van der Waals surface area contributed by atoms with Gasteiger partial charge in [-0.3, -0.25) is 0 Å².